The van der Waals surface area contributed by atoms with Gasteiger partial charge in [0.05, 0.1) is 17.9 Å². The molecule has 3 rings (SSSR count). The molecule has 2 aromatic carbocycles. The number of hydrogen-bond donors (Lipinski definition) is 1. The fourth-order valence-corrected chi connectivity index (χ4v) is 3.05. The summed E-state index contributed by atoms with van der Waals surface area (Å²) < 4.78 is 1.71. The second-order valence-corrected chi connectivity index (χ2v) is 7.08. The normalized spacial score (nSPS) is 10.8. The predicted molar refractivity (Wildman–Crippen MR) is 115 cm³/mol. The lowest BCUT2D eigenvalue weighted by Crippen LogP contribution is -2.40. The van der Waals surface area contributed by atoms with Gasteiger partial charge < -0.3 is 10.2 Å². The summed E-state index contributed by atoms with van der Waals surface area (Å²) in [6.45, 7) is 6.03. The van der Waals surface area contributed by atoms with E-state index in [-0.39, 0.29) is 24.3 Å². The summed E-state index contributed by atoms with van der Waals surface area (Å²) in [6, 6.07) is 21.3. The minimum atomic E-state index is -0.252. The largest absolute Gasteiger partial charge is 0.333 e. The zero-order chi connectivity index (χ0) is 20.8. The van der Waals surface area contributed by atoms with Crippen LogP contribution < -0.4 is 5.32 Å². The lowest BCUT2D eigenvalue weighted by Gasteiger charge is -2.22. The number of amides is 2. The standard InChI is InChI=1S/C23H26N4O2/c1-4-26(23(29)17(2)3)16-22(28)24-21-15-20(18-11-7-5-8-12-18)25-27(21)19-13-9-6-10-14-19/h5-15,17H,4,16H2,1-3H3,(H,24,28). The van der Waals surface area contributed by atoms with Crippen LogP contribution in [0.5, 0.6) is 0 Å². The van der Waals surface area contributed by atoms with Crippen molar-refractivity contribution in [2.75, 3.05) is 18.4 Å². The number of carbonyl (C=O) groups excluding carboxylic acids is 2. The molecule has 0 spiro atoms. The number of nitrogens with zero attached hydrogens (tertiary/aromatic N) is 3. The lowest BCUT2D eigenvalue weighted by molar-refractivity contribution is -0.137. The molecule has 0 aliphatic rings. The predicted octanol–water partition coefficient (Wildman–Crippen LogP) is 3.98. The molecule has 2 amide bonds. The van der Waals surface area contributed by atoms with Crippen LogP contribution in [0.4, 0.5) is 5.82 Å². The molecule has 0 bridgehead atoms. The minimum absolute atomic E-state index is 0.00809. The van der Waals surface area contributed by atoms with Crippen LogP contribution in [0.2, 0.25) is 0 Å². The number of rotatable bonds is 7. The Morgan fingerprint density at radius 1 is 1.03 bits per heavy atom. The molecular weight excluding hydrogens is 364 g/mol. The molecule has 0 saturated heterocycles. The van der Waals surface area contributed by atoms with Crippen molar-refractivity contribution in [3.63, 3.8) is 0 Å². The van der Waals surface area contributed by atoms with E-state index in [0.29, 0.717) is 12.4 Å². The molecule has 3 aromatic rings. The maximum atomic E-state index is 12.7. The van der Waals surface area contributed by atoms with Gasteiger partial charge in [0.15, 0.2) is 0 Å². The van der Waals surface area contributed by atoms with Crippen molar-refractivity contribution in [1.29, 1.82) is 0 Å². The van der Waals surface area contributed by atoms with Crippen LogP contribution in [0.3, 0.4) is 0 Å². The molecular formula is C23H26N4O2. The quantitative estimate of drug-likeness (QED) is 0.663. The number of likely N-dealkylation sites (N-methyl/N-ethyl adjacent to an activating group) is 1. The van der Waals surface area contributed by atoms with Crippen molar-refractivity contribution >= 4 is 17.6 Å². The van der Waals surface area contributed by atoms with Crippen LogP contribution in [-0.4, -0.2) is 39.6 Å². The fourth-order valence-electron chi connectivity index (χ4n) is 3.05. The second-order valence-electron chi connectivity index (χ2n) is 7.08. The van der Waals surface area contributed by atoms with Gasteiger partial charge in [-0.25, -0.2) is 4.68 Å². The maximum Gasteiger partial charge on any atom is 0.245 e. The van der Waals surface area contributed by atoms with Gasteiger partial charge in [0, 0.05) is 24.1 Å². The molecule has 1 aromatic heterocycles. The van der Waals surface area contributed by atoms with Gasteiger partial charge in [-0.2, -0.15) is 5.10 Å². The Balaban J connectivity index is 1.88. The first-order chi connectivity index (χ1) is 14.0. The van der Waals surface area contributed by atoms with E-state index >= 15 is 0 Å². The van der Waals surface area contributed by atoms with Crippen LogP contribution in [0.1, 0.15) is 20.8 Å². The highest BCUT2D eigenvalue weighted by molar-refractivity contribution is 5.94. The van der Waals surface area contributed by atoms with Gasteiger partial charge in [-0.1, -0.05) is 62.4 Å². The number of aromatic nitrogens is 2. The number of benzene rings is 2. The summed E-state index contributed by atoms with van der Waals surface area (Å²) in [7, 11) is 0. The molecule has 6 nitrogen and oxygen atoms in total. The van der Waals surface area contributed by atoms with Gasteiger partial charge in [0.25, 0.3) is 0 Å². The number of carbonyl (C=O) groups is 2. The molecule has 6 heteroatoms. The van der Waals surface area contributed by atoms with Crippen LogP contribution in [0.25, 0.3) is 16.9 Å². The first kappa shape index (κ1) is 20.3. The van der Waals surface area contributed by atoms with E-state index in [1.54, 1.807) is 9.58 Å². The van der Waals surface area contributed by atoms with Gasteiger partial charge in [-0.05, 0) is 19.1 Å². The zero-order valence-electron chi connectivity index (χ0n) is 17.0. The van der Waals surface area contributed by atoms with Gasteiger partial charge >= 0.3 is 0 Å². The molecule has 0 aliphatic carbocycles. The van der Waals surface area contributed by atoms with Crippen LogP contribution in [0.15, 0.2) is 66.7 Å². The Kier molecular flexibility index (Phi) is 6.44. The Morgan fingerprint density at radius 3 is 2.24 bits per heavy atom. The van der Waals surface area contributed by atoms with E-state index in [2.05, 4.69) is 10.4 Å². The summed E-state index contributed by atoms with van der Waals surface area (Å²) in [6.07, 6.45) is 0. The lowest BCUT2D eigenvalue weighted by atomic mass is 10.1. The zero-order valence-corrected chi connectivity index (χ0v) is 17.0. The SMILES string of the molecule is CCN(CC(=O)Nc1cc(-c2ccccc2)nn1-c1ccccc1)C(=O)C(C)C. The molecule has 1 N–H and O–H groups in total. The first-order valence-electron chi connectivity index (χ1n) is 9.79. The van der Waals surface area contributed by atoms with Crippen LogP contribution in [-0.2, 0) is 9.59 Å². The fraction of sp³-hybridized carbons (Fsp3) is 0.261. The topological polar surface area (TPSA) is 67.2 Å². The summed E-state index contributed by atoms with van der Waals surface area (Å²) in [5.41, 5.74) is 2.56. The molecule has 1 heterocycles. The number of para-hydroxylation sites is 1. The van der Waals surface area contributed by atoms with Gasteiger partial charge in [0.1, 0.15) is 5.82 Å². The van der Waals surface area contributed by atoms with Crippen molar-refractivity contribution in [3.8, 4) is 16.9 Å². The van der Waals surface area contributed by atoms with E-state index in [1.165, 1.54) is 0 Å². The van der Waals surface area contributed by atoms with Gasteiger partial charge in [-0.3, -0.25) is 9.59 Å². The Morgan fingerprint density at radius 2 is 1.66 bits per heavy atom. The Labute approximate surface area is 171 Å². The highest BCUT2D eigenvalue weighted by Crippen LogP contribution is 2.24. The average Bonchev–Trinajstić information content (AvgIpc) is 3.16. The van der Waals surface area contributed by atoms with E-state index < -0.39 is 0 Å². The number of nitrogens with one attached hydrogen (secondary N) is 1. The highest BCUT2D eigenvalue weighted by atomic mass is 16.2. The third kappa shape index (κ3) is 4.90. The van der Waals surface area contributed by atoms with E-state index in [4.69, 9.17) is 0 Å². The van der Waals surface area contributed by atoms with Crippen molar-refractivity contribution in [3.05, 3.63) is 66.7 Å². The third-order valence-corrected chi connectivity index (χ3v) is 4.57. The summed E-state index contributed by atoms with van der Waals surface area (Å²) in [4.78, 5) is 26.5. The van der Waals surface area contributed by atoms with Gasteiger partial charge in [0.2, 0.25) is 11.8 Å². The Hall–Kier alpha value is -3.41. The molecule has 29 heavy (non-hydrogen) atoms. The van der Waals surface area contributed by atoms with E-state index in [9.17, 15) is 9.59 Å². The molecule has 0 atom stereocenters. The molecule has 0 radical (unpaired) electrons. The molecule has 0 fully saturated rings. The minimum Gasteiger partial charge on any atom is -0.333 e. The smallest absolute Gasteiger partial charge is 0.245 e. The summed E-state index contributed by atoms with van der Waals surface area (Å²) in [5.74, 6) is 0.122. The van der Waals surface area contributed by atoms with Crippen molar-refractivity contribution in [1.82, 2.24) is 14.7 Å². The molecule has 150 valence electrons. The van der Waals surface area contributed by atoms with Crippen molar-refractivity contribution in [2.45, 2.75) is 20.8 Å². The van der Waals surface area contributed by atoms with E-state index in [1.807, 2.05) is 87.5 Å². The summed E-state index contributed by atoms with van der Waals surface area (Å²) >= 11 is 0. The maximum absolute atomic E-state index is 12.7. The molecule has 0 unspecified atom stereocenters. The highest BCUT2D eigenvalue weighted by Gasteiger charge is 2.20. The van der Waals surface area contributed by atoms with Gasteiger partial charge in [-0.15, -0.1) is 0 Å². The second kappa shape index (κ2) is 9.19. The first-order valence-corrected chi connectivity index (χ1v) is 9.79. The van der Waals surface area contributed by atoms with E-state index in [0.717, 1.165) is 16.9 Å². The van der Waals surface area contributed by atoms with Crippen molar-refractivity contribution in [2.24, 2.45) is 5.92 Å². The molecule has 0 saturated carbocycles. The monoisotopic (exact) mass is 390 g/mol. The molecule has 0 aliphatic heterocycles. The number of anilines is 1. The summed E-state index contributed by atoms with van der Waals surface area (Å²) in [5, 5.41) is 7.61. The van der Waals surface area contributed by atoms with Crippen LogP contribution in [0, 0.1) is 5.92 Å². The third-order valence-electron chi connectivity index (χ3n) is 4.57. The van der Waals surface area contributed by atoms with Crippen LogP contribution >= 0.6 is 0 Å². The average molecular weight is 390 g/mol. The Bertz CT molecular complexity index is 965. The van der Waals surface area contributed by atoms with Crippen molar-refractivity contribution < 1.29 is 9.59 Å². The number of hydrogen-bond acceptors (Lipinski definition) is 3.